The first kappa shape index (κ1) is 22.7. The normalized spacial score (nSPS) is 23.5. The summed E-state index contributed by atoms with van der Waals surface area (Å²) >= 11 is 0. The molecule has 4 heterocycles. The first-order valence-corrected chi connectivity index (χ1v) is 13.3. The molecular weight excluding hydrogens is 469 g/mol. The summed E-state index contributed by atoms with van der Waals surface area (Å²) in [5.41, 5.74) is 0.926. The maximum atomic E-state index is 16.5. The molecule has 2 aromatic carbocycles. The number of benzene rings is 2. The summed E-state index contributed by atoms with van der Waals surface area (Å²) in [6.07, 6.45) is 7.21. The van der Waals surface area contributed by atoms with Crippen LogP contribution in [0.5, 0.6) is 5.75 Å². The summed E-state index contributed by atoms with van der Waals surface area (Å²) in [7, 11) is 0. The number of rotatable bonds is 4. The minimum absolute atomic E-state index is 0.0178. The predicted molar refractivity (Wildman–Crippen MR) is 142 cm³/mol. The quantitative estimate of drug-likeness (QED) is 0.414. The van der Waals surface area contributed by atoms with Crippen LogP contribution in [-0.4, -0.2) is 57.4 Å². The van der Waals surface area contributed by atoms with E-state index in [1.165, 1.54) is 19.3 Å². The second kappa shape index (κ2) is 8.80. The average Bonchev–Trinajstić information content (AvgIpc) is 3.53. The third-order valence-corrected chi connectivity index (χ3v) is 8.51. The molecule has 3 fully saturated rings. The maximum Gasteiger partial charge on any atom is 0.228 e. The number of hydrogen-bond acceptors (Lipinski definition) is 7. The number of pyridine rings is 1. The van der Waals surface area contributed by atoms with E-state index in [4.69, 9.17) is 9.97 Å². The van der Waals surface area contributed by atoms with Crippen LogP contribution in [0.2, 0.25) is 0 Å². The number of aromatic nitrogens is 3. The second-order valence-electron chi connectivity index (χ2n) is 10.9. The third kappa shape index (κ3) is 3.77. The Kier molecular flexibility index (Phi) is 5.39. The SMILES string of the molecule is OC[C@@H]1CCCN1c1nc(N2CC3CCC(C3)C2)c2cnc(-c3cc(O)cc4ccccc34)c(F)c2n1. The molecule has 1 aliphatic carbocycles. The van der Waals surface area contributed by atoms with Crippen molar-refractivity contribution in [2.24, 2.45) is 11.8 Å². The number of phenols is 1. The van der Waals surface area contributed by atoms with Crippen LogP contribution < -0.4 is 9.80 Å². The molecule has 8 heteroatoms. The molecule has 4 aromatic rings. The lowest BCUT2D eigenvalue weighted by atomic mass is 9.98. The molecule has 7 rings (SSSR count). The van der Waals surface area contributed by atoms with Gasteiger partial charge in [-0.3, -0.25) is 4.98 Å². The van der Waals surface area contributed by atoms with Crippen molar-refractivity contribution in [3.63, 3.8) is 0 Å². The molecule has 2 unspecified atom stereocenters. The molecule has 2 aliphatic heterocycles. The molecule has 190 valence electrons. The average molecular weight is 500 g/mol. The number of aliphatic hydroxyl groups is 1. The van der Waals surface area contributed by atoms with Crippen LogP contribution in [0.4, 0.5) is 16.2 Å². The van der Waals surface area contributed by atoms with E-state index in [0.29, 0.717) is 28.7 Å². The summed E-state index contributed by atoms with van der Waals surface area (Å²) in [5.74, 6) is 2.02. The molecule has 1 saturated carbocycles. The van der Waals surface area contributed by atoms with Crippen LogP contribution in [0.25, 0.3) is 32.9 Å². The molecule has 3 atom stereocenters. The van der Waals surface area contributed by atoms with Crippen LogP contribution >= 0.6 is 0 Å². The van der Waals surface area contributed by atoms with Gasteiger partial charge in [-0.1, -0.05) is 24.3 Å². The van der Waals surface area contributed by atoms with Gasteiger partial charge in [-0.2, -0.15) is 4.98 Å². The fourth-order valence-corrected chi connectivity index (χ4v) is 6.75. The first-order chi connectivity index (χ1) is 18.1. The molecule has 2 N–H and O–H groups in total. The Morgan fingerprint density at radius 1 is 1.00 bits per heavy atom. The minimum atomic E-state index is -0.516. The van der Waals surface area contributed by atoms with E-state index in [-0.39, 0.29) is 29.6 Å². The molecule has 2 aromatic heterocycles. The molecule has 2 bridgehead atoms. The summed E-state index contributed by atoms with van der Waals surface area (Å²) in [6, 6.07) is 10.8. The number of nitrogens with zero attached hydrogens (tertiary/aromatic N) is 5. The van der Waals surface area contributed by atoms with E-state index >= 15 is 4.39 Å². The topological polar surface area (TPSA) is 85.6 Å². The maximum absolute atomic E-state index is 16.5. The Hall–Kier alpha value is -3.52. The van der Waals surface area contributed by atoms with Crippen molar-refractivity contribution in [2.45, 2.75) is 38.1 Å². The summed E-state index contributed by atoms with van der Waals surface area (Å²) < 4.78 is 16.5. The Morgan fingerprint density at radius 3 is 2.62 bits per heavy atom. The van der Waals surface area contributed by atoms with Crippen molar-refractivity contribution in [1.82, 2.24) is 15.0 Å². The van der Waals surface area contributed by atoms with Crippen LogP contribution in [0.3, 0.4) is 0 Å². The molecule has 2 saturated heterocycles. The van der Waals surface area contributed by atoms with Crippen LogP contribution in [0.15, 0.2) is 42.6 Å². The smallest absolute Gasteiger partial charge is 0.228 e. The summed E-state index contributed by atoms with van der Waals surface area (Å²) in [5, 5.41) is 22.6. The van der Waals surface area contributed by atoms with Gasteiger partial charge < -0.3 is 20.0 Å². The largest absolute Gasteiger partial charge is 0.508 e. The summed E-state index contributed by atoms with van der Waals surface area (Å²) in [4.78, 5) is 18.7. The van der Waals surface area contributed by atoms with E-state index in [1.807, 2.05) is 29.2 Å². The van der Waals surface area contributed by atoms with E-state index in [2.05, 4.69) is 9.88 Å². The van der Waals surface area contributed by atoms with E-state index in [9.17, 15) is 10.2 Å². The number of halogens is 1. The summed E-state index contributed by atoms with van der Waals surface area (Å²) in [6.45, 7) is 2.57. The van der Waals surface area contributed by atoms with Gasteiger partial charge in [-0.15, -0.1) is 0 Å². The minimum Gasteiger partial charge on any atom is -0.508 e. The Morgan fingerprint density at radius 2 is 1.81 bits per heavy atom. The lowest BCUT2D eigenvalue weighted by Gasteiger charge is -2.34. The monoisotopic (exact) mass is 499 g/mol. The van der Waals surface area contributed by atoms with Gasteiger partial charge in [-0.25, -0.2) is 9.37 Å². The van der Waals surface area contributed by atoms with E-state index < -0.39 is 5.82 Å². The Balaban J connectivity index is 1.44. The molecular formula is C29H30FN5O2. The molecule has 3 aliphatic rings. The van der Waals surface area contributed by atoms with Gasteiger partial charge in [0.2, 0.25) is 5.95 Å². The lowest BCUT2D eigenvalue weighted by molar-refractivity contribution is 0.265. The van der Waals surface area contributed by atoms with Gasteiger partial charge in [-0.05, 0) is 66.8 Å². The molecule has 0 radical (unpaired) electrons. The second-order valence-corrected chi connectivity index (χ2v) is 10.9. The fourth-order valence-electron chi connectivity index (χ4n) is 6.75. The van der Waals surface area contributed by atoms with E-state index in [1.54, 1.807) is 18.3 Å². The first-order valence-electron chi connectivity index (χ1n) is 13.3. The van der Waals surface area contributed by atoms with Gasteiger partial charge in [0.1, 0.15) is 22.8 Å². The number of aliphatic hydroxyl groups excluding tert-OH is 1. The Labute approximate surface area is 214 Å². The standard InChI is InChI=1S/C29H30FN5O2/c30-25-26(23-12-21(37)11-19-4-1-2-6-22(19)23)31-13-24-27(25)32-29(35-9-3-5-20(35)16-36)33-28(24)34-14-17-7-8-18(10-17)15-34/h1-2,4,6,11-13,17-18,20,36-37H,3,5,7-10,14-16H2/t17?,18?,20-/m0/s1. The van der Waals surface area contributed by atoms with Gasteiger partial charge in [0.15, 0.2) is 5.82 Å². The van der Waals surface area contributed by atoms with Gasteiger partial charge in [0, 0.05) is 31.4 Å². The van der Waals surface area contributed by atoms with Crippen molar-refractivity contribution < 1.29 is 14.6 Å². The zero-order chi connectivity index (χ0) is 25.1. The molecule has 7 nitrogen and oxygen atoms in total. The number of fused-ring (bicyclic) bond motifs is 4. The lowest BCUT2D eigenvalue weighted by Crippen LogP contribution is -2.38. The van der Waals surface area contributed by atoms with Gasteiger partial charge in [0.05, 0.1) is 18.0 Å². The molecule has 0 spiro atoms. The fraction of sp³-hybridized carbons (Fsp3) is 0.414. The molecule has 0 amide bonds. The highest BCUT2D eigenvalue weighted by molar-refractivity contribution is 6.00. The zero-order valence-corrected chi connectivity index (χ0v) is 20.6. The van der Waals surface area contributed by atoms with Gasteiger partial charge >= 0.3 is 0 Å². The van der Waals surface area contributed by atoms with Crippen LogP contribution in [-0.2, 0) is 0 Å². The highest BCUT2D eigenvalue weighted by atomic mass is 19.1. The molecule has 37 heavy (non-hydrogen) atoms. The van der Waals surface area contributed by atoms with Crippen LogP contribution in [0.1, 0.15) is 32.1 Å². The zero-order valence-electron chi connectivity index (χ0n) is 20.6. The highest BCUT2D eigenvalue weighted by Gasteiger charge is 2.35. The number of hydrogen-bond donors (Lipinski definition) is 2. The van der Waals surface area contributed by atoms with Gasteiger partial charge in [0.25, 0.3) is 0 Å². The van der Waals surface area contributed by atoms with E-state index in [0.717, 1.165) is 49.1 Å². The predicted octanol–water partition coefficient (Wildman–Crippen LogP) is 4.89. The van der Waals surface area contributed by atoms with Crippen molar-refractivity contribution in [3.05, 3.63) is 48.4 Å². The number of anilines is 2. The van der Waals surface area contributed by atoms with Crippen molar-refractivity contribution in [3.8, 4) is 17.0 Å². The van der Waals surface area contributed by atoms with Crippen molar-refractivity contribution >= 4 is 33.4 Å². The number of piperidine rings is 1. The Bertz CT molecular complexity index is 1500. The number of aromatic hydroxyl groups is 1. The van der Waals surface area contributed by atoms with Crippen LogP contribution in [0, 0.1) is 17.7 Å². The number of phenolic OH excluding ortho intramolecular Hbond substituents is 1. The van der Waals surface area contributed by atoms with Crippen molar-refractivity contribution in [1.29, 1.82) is 0 Å². The van der Waals surface area contributed by atoms with Crippen molar-refractivity contribution in [2.75, 3.05) is 36.0 Å². The highest BCUT2D eigenvalue weighted by Crippen LogP contribution is 2.41. The third-order valence-electron chi connectivity index (χ3n) is 8.51.